The van der Waals surface area contributed by atoms with Gasteiger partial charge >= 0.3 is 11.9 Å². The molecule has 0 aliphatic carbocycles. The zero-order valence-electron chi connectivity index (χ0n) is 33.5. The summed E-state index contributed by atoms with van der Waals surface area (Å²) in [6, 6.07) is 0. The maximum atomic E-state index is 12.6. The minimum Gasteiger partial charge on any atom is -0.462 e. The second kappa shape index (κ2) is 42.2. The predicted octanol–water partition coefficient (Wildman–Crippen LogP) is 13.5. The molecule has 1 atom stereocenters. The van der Waals surface area contributed by atoms with E-state index < -0.39 is 6.10 Å². The lowest BCUT2D eigenvalue weighted by atomic mass is 10.1. The average Bonchev–Trinajstić information content (AvgIpc) is 3.14. The number of carbonyl (C=O) groups excluding carboxylic acids is 2. The third kappa shape index (κ3) is 39.6. The number of allylic oxidation sites excluding steroid dienone is 16. The molecule has 0 saturated carbocycles. The summed E-state index contributed by atoms with van der Waals surface area (Å²) in [4.78, 5) is 25.0. The van der Waals surface area contributed by atoms with Crippen molar-refractivity contribution in [3.63, 3.8) is 0 Å². The first-order valence-electron chi connectivity index (χ1n) is 20.8. The molecule has 0 N–H and O–H groups in total. The molecule has 0 fully saturated rings. The van der Waals surface area contributed by atoms with Crippen molar-refractivity contribution in [2.75, 3.05) is 19.8 Å². The van der Waals surface area contributed by atoms with Crippen LogP contribution in [0.3, 0.4) is 0 Å². The van der Waals surface area contributed by atoms with Crippen LogP contribution in [0.15, 0.2) is 97.2 Å². The van der Waals surface area contributed by atoms with Crippen molar-refractivity contribution in [1.82, 2.24) is 0 Å². The molecule has 0 rings (SSSR count). The van der Waals surface area contributed by atoms with Crippen LogP contribution in [0.2, 0.25) is 0 Å². The molecule has 0 saturated heterocycles. The molecular formula is C47H76O5. The Hall–Kier alpha value is -3.18. The number of ether oxygens (including phenoxy) is 3. The molecular weight excluding hydrogens is 645 g/mol. The lowest BCUT2D eigenvalue weighted by Crippen LogP contribution is -2.30. The van der Waals surface area contributed by atoms with E-state index in [9.17, 15) is 9.59 Å². The molecule has 0 aromatic rings. The molecule has 5 heteroatoms. The first kappa shape index (κ1) is 48.8. The first-order valence-corrected chi connectivity index (χ1v) is 20.8. The summed E-state index contributed by atoms with van der Waals surface area (Å²) in [6.45, 7) is 7.38. The highest BCUT2D eigenvalue weighted by Crippen LogP contribution is 2.11. The van der Waals surface area contributed by atoms with Crippen LogP contribution in [-0.4, -0.2) is 37.9 Å². The van der Waals surface area contributed by atoms with Gasteiger partial charge in [0.15, 0.2) is 6.10 Å². The zero-order valence-corrected chi connectivity index (χ0v) is 33.5. The minimum atomic E-state index is -0.581. The third-order valence-electron chi connectivity index (χ3n) is 8.13. The van der Waals surface area contributed by atoms with Gasteiger partial charge in [0.25, 0.3) is 0 Å². The Morgan fingerprint density at radius 2 is 0.904 bits per heavy atom. The summed E-state index contributed by atoms with van der Waals surface area (Å²) in [5, 5.41) is 0. The van der Waals surface area contributed by atoms with Gasteiger partial charge in [-0.05, 0) is 83.5 Å². The SMILES string of the molecule is CC/C=C\C/C=C\C/C=C\C/C=C\CCCCCOCC(COC(=O)CC/C=C\C/C=C\C/C=C\C/C=C\CC)OC(=O)CCCCCCCCC. The summed E-state index contributed by atoms with van der Waals surface area (Å²) < 4.78 is 17.1. The van der Waals surface area contributed by atoms with Crippen molar-refractivity contribution in [2.24, 2.45) is 0 Å². The van der Waals surface area contributed by atoms with E-state index in [1.807, 2.05) is 6.08 Å². The van der Waals surface area contributed by atoms with E-state index in [0.29, 0.717) is 25.9 Å². The molecule has 0 bridgehead atoms. The van der Waals surface area contributed by atoms with Crippen molar-refractivity contribution < 1.29 is 23.8 Å². The Kier molecular flexibility index (Phi) is 39.7. The van der Waals surface area contributed by atoms with Gasteiger partial charge in [-0.1, -0.05) is 163 Å². The standard InChI is InChI=1S/C47H76O5/c1-4-7-10-13-16-18-20-22-23-24-26-28-30-33-36-39-42-50-43-45(52-47(49)41-38-35-31-15-12-9-6-3)44-51-46(48)40-37-34-32-29-27-25-21-19-17-14-11-8-5-2/h7-8,10-11,16-19,22-23,25-28,32,34,45H,4-6,9,12-15,20-21,24,29-31,33,35-44H2,1-3H3/b10-7-,11-8-,18-16-,19-17-,23-22-,27-25-,28-26-,34-32-. The number of unbranched alkanes of at least 4 members (excludes halogenated alkanes) is 9. The van der Waals surface area contributed by atoms with Gasteiger partial charge in [0.1, 0.15) is 6.61 Å². The molecule has 0 aromatic heterocycles. The Labute approximate surface area is 320 Å². The molecule has 52 heavy (non-hydrogen) atoms. The second-order valence-electron chi connectivity index (χ2n) is 13.1. The van der Waals surface area contributed by atoms with Crippen molar-refractivity contribution in [1.29, 1.82) is 0 Å². The number of hydrogen-bond donors (Lipinski definition) is 0. The maximum Gasteiger partial charge on any atom is 0.306 e. The lowest BCUT2D eigenvalue weighted by molar-refractivity contribution is -0.162. The van der Waals surface area contributed by atoms with Gasteiger partial charge in [0.05, 0.1) is 6.61 Å². The van der Waals surface area contributed by atoms with E-state index in [1.54, 1.807) is 0 Å². The van der Waals surface area contributed by atoms with Gasteiger partial charge in [0, 0.05) is 19.4 Å². The van der Waals surface area contributed by atoms with Gasteiger partial charge in [-0.15, -0.1) is 0 Å². The van der Waals surface area contributed by atoms with Gasteiger partial charge < -0.3 is 14.2 Å². The Balaban J connectivity index is 4.36. The number of carbonyl (C=O) groups is 2. The topological polar surface area (TPSA) is 61.8 Å². The third-order valence-corrected chi connectivity index (χ3v) is 8.13. The summed E-state index contributed by atoms with van der Waals surface area (Å²) in [5.74, 6) is -0.526. The molecule has 0 aromatic carbocycles. The van der Waals surface area contributed by atoms with Crippen molar-refractivity contribution in [3.8, 4) is 0 Å². The van der Waals surface area contributed by atoms with E-state index in [-0.39, 0.29) is 25.2 Å². The molecule has 0 aliphatic heterocycles. The summed E-state index contributed by atoms with van der Waals surface area (Å²) in [7, 11) is 0. The maximum absolute atomic E-state index is 12.6. The molecule has 0 spiro atoms. The Morgan fingerprint density at radius 3 is 1.44 bits per heavy atom. The van der Waals surface area contributed by atoms with Crippen LogP contribution in [0.4, 0.5) is 0 Å². The molecule has 0 amide bonds. The quantitative estimate of drug-likeness (QED) is 0.0366. The van der Waals surface area contributed by atoms with Crippen molar-refractivity contribution in [3.05, 3.63) is 97.2 Å². The van der Waals surface area contributed by atoms with Crippen LogP contribution in [-0.2, 0) is 23.8 Å². The summed E-state index contributed by atoms with van der Waals surface area (Å²) in [5.41, 5.74) is 0. The smallest absolute Gasteiger partial charge is 0.306 e. The largest absolute Gasteiger partial charge is 0.462 e. The van der Waals surface area contributed by atoms with E-state index in [1.165, 1.54) is 25.7 Å². The monoisotopic (exact) mass is 721 g/mol. The predicted molar refractivity (Wildman–Crippen MR) is 223 cm³/mol. The fraction of sp³-hybridized carbons (Fsp3) is 0.617. The molecule has 5 nitrogen and oxygen atoms in total. The number of esters is 2. The summed E-state index contributed by atoms with van der Waals surface area (Å²) in [6.07, 6.45) is 55.7. The Bertz CT molecular complexity index is 1040. The van der Waals surface area contributed by atoms with Gasteiger partial charge in [-0.25, -0.2) is 0 Å². The normalized spacial score (nSPS) is 13.2. The highest BCUT2D eigenvalue weighted by molar-refractivity contribution is 5.70. The molecule has 294 valence electrons. The minimum absolute atomic E-state index is 0.0294. The molecule has 0 heterocycles. The second-order valence-corrected chi connectivity index (χ2v) is 13.1. The van der Waals surface area contributed by atoms with Gasteiger partial charge in [-0.2, -0.15) is 0 Å². The van der Waals surface area contributed by atoms with Gasteiger partial charge in [0.2, 0.25) is 0 Å². The highest BCUT2D eigenvalue weighted by Gasteiger charge is 2.17. The van der Waals surface area contributed by atoms with Crippen LogP contribution in [0.25, 0.3) is 0 Å². The number of hydrogen-bond acceptors (Lipinski definition) is 5. The number of rotatable bonds is 36. The van der Waals surface area contributed by atoms with Crippen molar-refractivity contribution >= 4 is 11.9 Å². The lowest BCUT2D eigenvalue weighted by Gasteiger charge is -2.18. The van der Waals surface area contributed by atoms with Crippen LogP contribution < -0.4 is 0 Å². The van der Waals surface area contributed by atoms with Crippen LogP contribution in [0, 0.1) is 0 Å². The van der Waals surface area contributed by atoms with Crippen LogP contribution in [0.1, 0.15) is 162 Å². The van der Waals surface area contributed by atoms with E-state index in [2.05, 4.69) is 112 Å². The van der Waals surface area contributed by atoms with Crippen LogP contribution >= 0.6 is 0 Å². The molecule has 0 radical (unpaired) electrons. The molecule has 0 aliphatic rings. The van der Waals surface area contributed by atoms with E-state index in [4.69, 9.17) is 14.2 Å². The fourth-order valence-electron chi connectivity index (χ4n) is 5.10. The summed E-state index contributed by atoms with van der Waals surface area (Å²) >= 11 is 0. The Morgan fingerprint density at radius 1 is 0.442 bits per heavy atom. The molecule has 1 unspecified atom stereocenters. The van der Waals surface area contributed by atoms with Crippen LogP contribution in [0.5, 0.6) is 0 Å². The average molecular weight is 721 g/mol. The van der Waals surface area contributed by atoms with Crippen molar-refractivity contribution in [2.45, 2.75) is 168 Å². The van der Waals surface area contributed by atoms with Gasteiger partial charge in [-0.3, -0.25) is 9.59 Å². The first-order chi connectivity index (χ1) is 25.6. The highest BCUT2D eigenvalue weighted by atomic mass is 16.6. The fourth-order valence-corrected chi connectivity index (χ4v) is 5.10. The zero-order chi connectivity index (χ0) is 37.8. The van der Waals surface area contributed by atoms with E-state index >= 15 is 0 Å². The van der Waals surface area contributed by atoms with E-state index in [0.717, 1.165) is 96.3 Å².